The molecule has 0 bridgehead atoms. The molecule has 0 atom stereocenters. The molecule has 80 valence electrons. The molecule has 1 nitrogen and oxygen atoms in total. The summed E-state index contributed by atoms with van der Waals surface area (Å²) in [5, 5.41) is 4.19. The van der Waals surface area contributed by atoms with Gasteiger partial charge in [-0.2, -0.15) is 0 Å². The topological polar surface area (TPSA) is 26.0 Å². The van der Waals surface area contributed by atoms with Gasteiger partial charge in [-0.1, -0.05) is 25.5 Å². The van der Waals surface area contributed by atoms with Crippen LogP contribution in [-0.2, 0) is 5.54 Å². The molecule has 0 aliphatic rings. The van der Waals surface area contributed by atoms with Crippen LogP contribution in [0, 0.1) is 0 Å². The van der Waals surface area contributed by atoms with Crippen molar-refractivity contribution < 1.29 is 0 Å². The molecule has 2 heterocycles. The fourth-order valence-corrected chi connectivity index (χ4v) is 3.66. The van der Waals surface area contributed by atoms with E-state index in [2.05, 4.69) is 41.9 Å². The molecule has 2 rings (SSSR count). The second kappa shape index (κ2) is 4.47. The molecule has 0 saturated heterocycles. The molecular formula is C12H15NS2. The third-order valence-corrected chi connectivity index (χ3v) is 4.66. The van der Waals surface area contributed by atoms with Gasteiger partial charge in [-0.15, -0.1) is 22.7 Å². The molecule has 0 aromatic carbocycles. The highest BCUT2D eigenvalue weighted by Crippen LogP contribution is 2.36. The SMILES string of the molecule is CCCC(N)(c1cccs1)c1cccs1. The molecule has 0 radical (unpaired) electrons. The van der Waals surface area contributed by atoms with Gasteiger partial charge in [0.25, 0.3) is 0 Å². The summed E-state index contributed by atoms with van der Waals surface area (Å²) >= 11 is 3.50. The Balaban J connectivity index is 2.41. The van der Waals surface area contributed by atoms with E-state index in [9.17, 15) is 0 Å². The first-order valence-electron chi connectivity index (χ1n) is 5.14. The van der Waals surface area contributed by atoms with Crippen LogP contribution in [0.4, 0.5) is 0 Å². The molecule has 0 aliphatic heterocycles. The number of hydrogen-bond acceptors (Lipinski definition) is 3. The van der Waals surface area contributed by atoms with Crippen molar-refractivity contribution in [3.05, 3.63) is 44.8 Å². The molecule has 0 fully saturated rings. The standard InChI is InChI=1S/C12H15NS2/c1-2-7-12(13,10-5-3-8-14-10)11-6-4-9-15-11/h3-6,8-9H,2,7,13H2,1H3. The lowest BCUT2D eigenvalue weighted by molar-refractivity contribution is 0.503. The monoisotopic (exact) mass is 237 g/mol. The van der Waals surface area contributed by atoms with E-state index in [0.717, 1.165) is 12.8 Å². The highest BCUT2D eigenvalue weighted by Gasteiger charge is 2.30. The zero-order chi connectivity index (χ0) is 10.7. The van der Waals surface area contributed by atoms with Gasteiger partial charge in [0.2, 0.25) is 0 Å². The molecular weight excluding hydrogens is 222 g/mol. The summed E-state index contributed by atoms with van der Waals surface area (Å²) in [6.07, 6.45) is 2.11. The summed E-state index contributed by atoms with van der Waals surface area (Å²) < 4.78 is 0. The van der Waals surface area contributed by atoms with E-state index in [1.807, 2.05) is 0 Å². The molecule has 0 spiro atoms. The van der Waals surface area contributed by atoms with Gasteiger partial charge in [-0.3, -0.25) is 0 Å². The summed E-state index contributed by atoms with van der Waals surface area (Å²) in [5.74, 6) is 0. The van der Waals surface area contributed by atoms with Crippen LogP contribution < -0.4 is 5.73 Å². The van der Waals surface area contributed by atoms with E-state index in [4.69, 9.17) is 5.73 Å². The van der Waals surface area contributed by atoms with Crippen LogP contribution in [0.25, 0.3) is 0 Å². The van der Waals surface area contributed by atoms with Gasteiger partial charge in [-0.05, 0) is 29.3 Å². The highest BCUT2D eigenvalue weighted by atomic mass is 32.1. The Morgan fingerprint density at radius 1 is 1.13 bits per heavy atom. The second-order valence-electron chi connectivity index (χ2n) is 3.68. The Morgan fingerprint density at radius 2 is 1.67 bits per heavy atom. The lowest BCUT2D eigenvalue weighted by Gasteiger charge is -2.26. The maximum atomic E-state index is 6.56. The van der Waals surface area contributed by atoms with Gasteiger partial charge < -0.3 is 5.73 Å². The van der Waals surface area contributed by atoms with Gasteiger partial charge in [0, 0.05) is 9.75 Å². The molecule has 0 unspecified atom stereocenters. The van der Waals surface area contributed by atoms with Gasteiger partial charge in [-0.25, -0.2) is 0 Å². The Hall–Kier alpha value is -0.640. The average molecular weight is 237 g/mol. The van der Waals surface area contributed by atoms with Crippen LogP contribution in [0.3, 0.4) is 0 Å². The van der Waals surface area contributed by atoms with Gasteiger partial charge in [0.05, 0.1) is 5.54 Å². The van der Waals surface area contributed by atoms with Crippen LogP contribution >= 0.6 is 22.7 Å². The zero-order valence-corrected chi connectivity index (χ0v) is 10.4. The fourth-order valence-electron chi connectivity index (χ4n) is 1.83. The number of nitrogens with two attached hydrogens (primary N) is 1. The van der Waals surface area contributed by atoms with Crippen molar-refractivity contribution in [3.8, 4) is 0 Å². The van der Waals surface area contributed by atoms with E-state index in [1.54, 1.807) is 22.7 Å². The van der Waals surface area contributed by atoms with E-state index in [1.165, 1.54) is 9.75 Å². The molecule has 0 amide bonds. The smallest absolute Gasteiger partial charge is 0.0852 e. The molecule has 0 aliphatic carbocycles. The number of rotatable bonds is 4. The minimum absolute atomic E-state index is 0.267. The summed E-state index contributed by atoms with van der Waals surface area (Å²) in [7, 11) is 0. The first-order chi connectivity index (χ1) is 7.27. The Morgan fingerprint density at radius 3 is 2.00 bits per heavy atom. The predicted octanol–water partition coefficient (Wildman–Crippen LogP) is 3.81. The van der Waals surface area contributed by atoms with Gasteiger partial charge in [0.1, 0.15) is 0 Å². The average Bonchev–Trinajstić information content (AvgIpc) is 2.92. The Labute approximate surface area is 98.6 Å². The van der Waals surface area contributed by atoms with Crippen LogP contribution in [0.1, 0.15) is 29.5 Å². The zero-order valence-electron chi connectivity index (χ0n) is 8.77. The third kappa shape index (κ3) is 2.00. The maximum absolute atomic E-state index is 6.56. The minimum Gasteiger partial charge on any atom is -0.316 e. The highest BCUT2D eigenvalue weighted by molar-refractivity contribution is 7.11. The maximum Gasteiger partial charge on any atom is 0.0852 e. The lowest BCUT2D eigenvalue weighted by Crippen LogP contribution is -2.36. The predicted molar refractivity (Wildman–Crippen MR) is 68.5 cm³/mol. The van der Waals surface area contributed by atoms with Crippen LogP contribution in [0.5, 0.6) is 0 Å². The first-order valence-corrected chi connectivity index (χ1v) is 6.90. The van der Waals surface area contributed by atoms with E-state index in [0.29, 0.717) is 0 Å². The van der Waals surface area contributed by atoms with Gasteiger partial charge >= 0.3 is 0 Å². The summed E-state index contributed by atoms with van der Waals surface area (Å²) in [4.78, 5) is 2.54. The van der Waals surface area contributed by atoms with Crippen LogP contribution in [0.2, 0.25) is 0 Å². The summed E-state index contributed by atoms with van der Waals surface area (Å²) in [6.45, 7) is 2.18. The van der Waals surface area contributed by atoms with E-state index < -0.39 is 0 Å². The molecule has 15 heavy (non-hydrogen) atoms. The molecule has 2 aromatic rings. The summed E-state index contributed by atoms with van der Waals surface area (Å²) in [5.41, 5.74) is 6.29. The summed E-state index contributed by atoms with van der Waals surface area (Å²) in [6, 6.07) is 8.43. The Kier molecular flexibility index (Phi) is 3.24. The van der Waals surface area contributed by atoms with E-state index >= 15 is 0 Å². The number of thiophene rings is 2. The van der Waals surface area contributed by atoms with Crippen molar-refractivity contribution in [3.63, 3.8) is 0 Å². The first kappa shape index (κ1) is 10.9. The lowest BCUT2D eigenvalue weighted by atomic mass is 9.91. The van der Waals surface area contributed by atoms with Crippen molar-refractivity contribution in [2.45, 2.75) is 25.3 Å². The largest absolute Gasteiger partial charge is 0.316 e. The van der Waals surface area contributed by atoms with Gasteiger partial charge in [0.15, 0.2) is 0 Å². The number of hydrogen-bond donors (Lipinski definition) is 1. The van der Waals surface area contributed by atoms with Crippen molar-refractivity contribution in [1.82, 2.24) is 0 Å². The van der Waals surface area contributed by atoms with Crippen LogP contribution in [0.15, 0.2) is 35.0 Å². The fraction of sp³-hybridized carbons (Fsp3) is 0.333. The minimum atomic E-state index is -0.267. The van der Waals surface area contributed by atoms with Crippen molar-refractivity contribution in [1.29, 1.82) is 0 Å². The quantitative estimate of drug-likeness (QED) is 0.859. The van der Waals surface area contributed by atoms with E-state index in [-0.39, 0.29) is 5.54 Å². The van der Waals surface area contributed by atoms with Crippen molar-refractivity contribution >= 4 is 22.7 Å². The van der Waals surface area contributed by atoms with Crippen LogP contribution in [-0.4, -0.2) is 0 Å². The van der Waals surface area contributed by atoms with Crippen molar-refractivity contribution in [2.24, 2.45) is 5.73 Å². The molecule has 2 N–H and O–H groups in total. The molecule has 3 heteroatoms. The normalized spacial score (nSPS) is 11.9. The third-order valence-electron chi connectivity index (χ3n) is 2.57. The van der Waals surface area contributed by atoms with Crippen molar-refractivity contribution in [2.75, 3.05) is 0 Å². The molecule has 0 saturated carbocycles. The molecule has 2 aromatic heterocycles. The second-order valence-corrected chi connectivity index (χ2v) is 5.57. The Bertz CT molecular complexity index is 355.